The van der Waals surface area contributed by atoms with E-state index in [0.717, 1.165) is 71.1 Å². The zero-order chi connectivity index (χ0) is 22.8. The number of carbonyl (C=O) groups excluding carboxylic acids is 1. The first kappa shape index (κ1) is 22.5. The first-order valence-electron chi connectivity index (χ1n) is 12.5. The zero-order valence-corrected chi connectivity index (χ0v) is 19.3. The van der Waals surface area contributed by atoms with Crippen LogP contribution < -0.4 is 0 Å². The van der Waals surface area contributed by atoms with Gasteiger partial charge in [-0.3, -0.25) is 9.69 Å². The molecule has 176 valence electrons. The fraction of sp³-hybridized carbons (Fsp3) is 0.536. The number of hydrogen-bond donors (Lipinski definition) is 1. The fourth-order valence-corrected chi connectivity index (χ4v) is 6.52. The maximum Gasteiger partial charge on any atom is 0.253 e. The average Bonchev–Trinajstić information content (AvgIpc) is 2.86. The summed E-state index contributed by atoms with van der Waals surface area (Å²) in [5.41, 5.74) is 2.07. The van der Waals surface area contributed by atoms with Gasteiger partial charge in [-0.1, -0.05) is 30.3 Å². The minimum atomic E-state index is -0.318. The lowest BCUT2D eigenvalue weighted by Crippen LogP contribution is -2.56. The quantitative estimate of drug-likeness (QED) is 0.728. The van der Waals surface area contributed by atoms with Crippen LogP contribution in [0.15, 0.2) is 54.6 Å². The second kappa shape index (κ2) is 9.55. The van der Waals surface area contributed by atoms with Gasteiger partial charge in [-0.2, -0.15) is 0 Å². The van der Waals surface area contributed by atoms with Crippen molar-refractivity contribution in [1.82, 2.24) is 9.80 Å². The predicted molar refractivity (Wildman–Crippen MR) is 128 cm³/mol. The van der Waals surface area contributed by atoms with Crippen molar-refractivity contribution in [2.75, 3.05) is 26.2 Å². The molecule has 0 radical (unpaired) electrons. The Kier molecular flexibility index (Phi) is 6.53. The predicted octanol–water partition coefficient (Wildman–Crippen LogP) is 4.84. The Morgan fingerprint density at radius 3 is 2.39 bits per heavy atom. The highest BCUT2D eigenvalue weighted by Gasteiger charge is 2.46. The molecule has 1 spiro atoms. The summed E-state index contributed by atoms with van der Waals surface area (Å²) in [6.45, 7) is 3.55. The molecule has 0 aromatic heterocycles. The van der Waals surface area contributed by atoms with Crippen LogP contribution in [0.2, 0.25) is 0 Å². The van der Waals surface area contributed by atoms with Gasteiger partial charge in [0.25, 0.3) is 5.91 Å². The Morgan fingerprint density at radius 2 is 1.67 bits per heavy atom. The van der Waals surface area contributed by atoms with Gasteiger partial charge in [0.15, 0.2) is 0 Å². The van der Waals surface area contributed by atoms with E-state index in [1.165, 1.54) is 17.7 Å². The van der Waals surface area contributed by atoms with Crippen LogP contribution in [0, 0.1) is 11.2 Å². The molecule has 5 heteroatoms. The molecule has 3 aliphatic rings. The fourth-order valence-electron chi connectivity index (χ4n) is 6.52. The summed E-state index contributed by atoms with van der Waals surface area (Å²) in [4.78, 5) is 17.6. The summed E-state index contributed by atoms with van der Waals surface area (Å²) >= 11 is 0. The SMILES string of the molecule is O=C(c1ccc(F)cc1)N1CCC[C@]2(CC[C@@H](O)[C@H](N3CCC(c4ccccc4)CC3)C2)C1. The highest BCUT2D eigenvalue weighted by atomic mass is 19.1. The molecule has 2 aromatic carbocycles. The molecule has 2 heterocycles. The summed E-state index contributed by atoms with van der Waals surface area (Å²) in [6.07, 6.45) is 6.82. The number of carbonyl (C=O) groups is 1. The molecular formula is C28H35FN2O2. The number of amides is 1. The van der Waals surface area contributed by atoms with E-state index in [-0.39, 0.29) is 29.3 Å². The number of piperidine rings is 2. The van der Waals surface area contributed by atoms with Crippen LogP contribution in [0.3, 0.4) is 0 Å². The van der Waals surface area contributed by atoms with Crippen LogP contribution in [0.4, 0.5) is 4.39 Å². The molecule has 5 rings (SSSR count). The molecule has 1 N–H and O–H groups in total. The molecular weight excluding hydrogens is 415 g/mol. The Bertz CT molecular complexity index is 942. The van der Waals surface area contributed by atoms with Crippen LogP contribution in [0.5, 0.6) is 0 Å². The molecule has 4 nitrogen and oxygen atoms in total. The summed E-state index contributed by atoms with van der Waals surface area (Å²) < 4.78 is 13.3. The van der Waals surface area contributed by atoms with E-state index >= 15 is 0 Å². The van der Waals surface area contributed by atoms with E-state index in [1.807, 2.05) is 4.90 Å². The number of aliphatic hydroxyl groups excluding tert-OH is 1. The molecule has 3 fully saturated rings. The lowest BCUT2D eigenvalue weighted by molar-refractivity contribution is -0.0546. The number of aliphatic hydroxyl groups is 1. The van der Waals surface area contributed by atoms with Crippen molar-refractivity contribution in [1.29, 1.82) is 0 Å². The van der Waals surface area contributed by atoms with Gasteiger partial charge < -0.3 is 10.0 Å². The number of likely N-dealkylation sites (tertiary alicyclic amines) is 2. The monoisotopic (exact) mass is 450 g/mol. The highest BCUT2D eigenvalue weighted by molar-refractivity contribution is 5.94. The Balaban J connectivity index is 1.24. The van der Waals surface area contributed by atoms with Crippen molar-refractivity contribution in [3.8, 4) is 0 Å². The number of nitrogens with zero attached hydrogens (tertiary/aromatic N) is 2. The van der Waals surface area contributed by atoms with Gasteiger partial charge in [0.05, 0.1) is 6.10 Å². The first-order chi connectivity index (χ1) is 16.0. The minimum Gasteiger partial charge on any atom is -0.391 e. The maximum absolute atomic E-state index is 13.3. The van der Waals surface area contributed by atoms with Gasteiger partial charge in [-0.25, -0.2) is 4.39 Å². The number of benzene rings is 2. The van der Waals surface area contributed by atoms with E-state index in [1.54, 1.807) is 12.1 Å². The third-order valence-electron chi connectivity index (χ3n) is 8.37. The summed E-state index contributed by atoms with van der Waals surface area (Å²) in [6, 6.07) is 16.9. The van der Waals surface area contributed by atoms with Gasteiger partial charge in [0.2, 0.25) is 0 Å². The number of hydrogen-bond acceptors (Lipinski definition) is 3. The third kappa shape index (κ3) is 4.85. The van der Waals surface area contributed by atoms with Crippen LogP contribution >= 0.6 is 0 Å². The highest BCUT2D eigenvalue weighted by Crippen LogP contribution is 2.45. The van der Waals surface area contributed by atoms with Gasteiger partial charge in [-0.05, 0) is 99.2 Å². The topological polar surface area (TPSA) is 43.8 Å². The van der Waals surface area contributed by atoms with E-state index in [0.29, 0.717) is 11.5 Å². The summed E-state index contributed by atoms with van der Waals surface area (Å²) in [5.74, 6) is 0.290. The van der Waals surface area contributed by atoms with Gasteiger partial charge in [-0.15, -0.1) is 0 Å². The summed E-state index contributed by atoms with van der Waals surface area (Å²) in [7, 11) is 0. The largest absolute Gasteiger partial charge is 0.391 e. The van der Waals surface area contributed by atoms with Crippen molar-refractivity contribution in [2.45, 2.75) is 63.0 Å². The molecule has 33 heavy (non-hydrogen) atoms. The molecule has 0 unspecified atom stereocenters. The molecule has 1 aliphatic carbocycles. The first-order valence-corrected chi connectivity index (χ1v) is 12.5. The zero-order valence-electron chi connectivity index (χ0n) is 19.3. The Labute approximate surface area is 196 Å². The Hall–Kier alpha value is -2.24. The van der Waals surface area contributed by atoms with Gasteiger partial charge in [0.1, 0.15) is 5.82 Å². The lowest BCUT2D eigenvalue weighted by atomic mass is 9.66. The number of rotatable bonds is 3. The average molecular weight is 451 g/mol. The second-order valence-corrected chi connectivity index (χ2v) is 10.4. The van der Waals surface area contributed by atoms with Crippen molar-refractivity contribution < 1.29 is 14.3 Å². The number of halogens is 1. The van der Waals surface area contributed by atoms with Crippen LogP contribution in [0.1, 0.15) is 66.8 Å². The Morgan fingerprint density at radius 1 is 0.939 bits per heavy atom. The van der Waals surface area contributed by atoms with Crippen molar-refractivity contribution in [3.05, 3.63) is 71.5 Å². The maximum atomic E-state index is 13.3. The van der Waals surface area contributed by atoms with E-state index in [9.17, 15) is 14.3 Å². The van der Waals surface area contributed by atoms with Crippen LogP contribution in [0.25, 0.3) is 0 Å². The van der Waals surface area contributed by atoms with Gasteiger partial charge >= 0.3 is 0 Å². The van der Waals surface area contributed by atoms with Crippen molar-refractivity contribution in [3.63, 3.8) is 0 Å². The lowest BCUT2D eigenvalue weighted by Gasteiger charge is -2.52. The van der Waals surface area contributed by atoms with E-state index in [2.05, 4.69) is 35.2 Å². The van der Waals surface area contributed by atoms with Gasteiger partial charge in [0, 0.05) is 24.7 Å². The standard InChI is InChI=1S/C28H35FN2O2/c29-24-9-7-23(8-10-24)27(33)31-16-4-14-28(20-31)15-11-26(32)25(19-28)30-17-12-22(13-18-30)21-5-2-1-3-6-21/h1-3,5-10,22,25-26,32H,4,11-20H2/t25-,26-,28-/m1/s1. The van der Waals surface area contributed by atoms with Crippen LogP contribution in [-0.4, -0.2) is 59.1 Å². The molecule has 1 amide bonds. The second-order valence-electron chi connectivity index (χ2n) is 10.4. The molecule has 0 bridgehead atoms. The molecule has 2 aliphatic heterocycles. The van der Waals surface area contributed by atoms with E-state index < -0.39 is 0 Å². The smallest absolute Gasteiger partial charge is 0.253 e. The molecule has 2 saturated heterocycles. The molecule has 3 atom stereocenters. The normalized spacial score (nSPS) is 29.3. The van der Waals surface area contributed by atoms with Crippen molar-refractivity contribution in [2.24, 2.45) is 5.41 Å². The van der Waals surface area contributed by atoms with Crippen molar-refractivity contribution >= 4 is 5.91 Å². The van der Waals surface area contributed by atoms with E-state index in [4.69, 9.17) is 0 Å². The minimum absolute atomic E-state index is 0.000391. The molecule has 1 saturated carbocycles. The molecule has 2 aromatic rings. The third-order valence-corrected chi connectivity index (χ3v) is 8.37. The van der Waals surface area contributed by atoms with Crippen LogP contribution in [-0.2, 0) is 0 Å². The summed E-state index contributed by atoms with van der Waals surface area (Å²) in [5, 5.41) is 10.9.